The molecule has 0 radical (unpaired) electrons. The van der Waals surface area contributed by atoms with E-state index in [4.69, 9.17) is 11.6 Å². The van der Waals surface area contributed by atoms with Crippen LogP contribution in [0.25, 0.3) is 0 Å². The zero-order chi connectivity index (χ0) is 11.9. The Hall–Kier alpha value is -1.15. The molecule has 0 bridgehead atoms. The van der Waals surface area contributed by atoms with Gasteiger partial charge >= 0.3 is 0 Å². The molecule has 17 heavy (non-hydrogen) atoms. The van der Waals surface area contributed by atoms with Gasteiger partial charge in [-0.2, -0.15) is 0 Å². The molecule has 1 heterocycles. The smallest absolute Gasteiger partial charge is 0.265 e. The van der Waals surface area contributed by atoms with E-state index in [0.29, 0.717) is 11.6 Å². The van der Waals surface area contributed by atoms with Gasteiger partial charge < -0.3 is 0 Å². The average Bonchev–Trinajstić information content (AvgIpc) is 2.39. The van der Waals surface area contributed by atoms with Gasteiger partial charge in [0.2, 0.25) is 5.17 Å². The minimum absolute atomic E-state index is 0.654. The van der Waals surface area contributed by atoms with Gasteiger partial charge in [0.05, 0.1) is 19.5 Å². The summed E-state index contributed by atoms with van der Waals surface area (Å²) in [5.74, 6) is 0. The average molecular weight is 250 g/mol. The normalized spacial score (nSPS) is 17.0. The van der Waals surface area contributed by atoms with Crippen LogP contribution in [0.15, 0.2) is 35.3 Å². The topological polar surface area (TPSA) is 15.4 Å². The first kappa shape index (κ1) is 12.3. The van der Waals surface area contributed by atoms with Crippen molar-refractivity contribution in [3.8, 4) is 0 Å². The minimum Gasteiger partial charge on any atom is -0.265 e. The molecule has 2 rings (SSSR count). The van der Waals surface area contributed by atoms with Crippen LogP contribution in [0.2, 0.25) is 0 Å². The van der Waals surface area contributed by atoms with Gasteiger partial charge in [-0.15, -0.1) is 0 Å². The summed E-state index contributed by atoms with van der Waals surface area (Å²) in [4.78, 5) is 4.33. The molecule has 3 heteroatoms. The highest BCUT2D eigenvalue weighted by Crippen LogP contribution is 2.05. The third-order valence-electron chi connectivity index (χ3n) is 2.94. The van der Waals surface area contributed by atoms with E-state index in [-0.39, 0.29) is 0 Å². The van der Waals surface area contributed by atoms with Gasteiger partial charge in [-0.05, 0) is 41.4 Å². The van der Waals surface area contributed by atoms with Gasteiger partial charge in [0.1, 0.15) is 0 Å². The number of nitrogens with zero attached hydrogens (tertiary/aromatic N) is 2. The lowest BCUT2D eigenvalue weighted by atomic mass is 10.2. The lowest BCUT2D eigenvalue weighted by molar-refractivity contribution is -0.533. The van der Waals surface area contributed by atoms with Crippen LogP contribution in [0, 0.1) is 0 Å². The number of rotatable bonds is 3. The maximum atomic E-state index is 6.13. The third kappa shape index (κ3) is 4.31. The molecule has 1 saturated heterocycles. The molecule has 0 amide bonds. The Morgan fingerprint density at radius 3 is 2.59 bits per heavy atom. The van der Waals surface area contributed by atoms with Crippen molar-refractivity contribution >= 4 is 23.1 Å². The Labute approximate surface area is 108 Å². The Bertz CT molecular complexity index is 401. The number of hydrogen-bond donors (Lipinski definition) is 0. The second kappa shape index (κ2) is 6.55. The van der Waals surface area contributed by atoms with Gasteiger partial charge in [0, 0.05) is 0 Å². The van der Waals surface area contributed by atoms with Crippen molar-refractivity contribution in [2.75, 3.05) is 13.1 Å². The van der Waals surface area contributed by atoms with E-state index in [1.54, 1.807) is 0 Å². The summed E-state index contributed by atoms with van der Waals surface area (Å²) in [6.45, 7) is 2.22. The van der Waals surface area contributed by atoms with Crippen LogP contribution in [0.5, 0.6) is 0 Å². The standard InChI is InChI=1S/C14H18ClN2/c15-14(11-13-7-3-1-4-8-13)16-12-17-9-5-2-6-10-17/h1,3-4,7-8,12H,2,5-6,9-11H2/q+1. The second-order valence-corrected chi connectivity index (χ2v) is 4.82. The fourth-order valence-corrected chi connectivity index (χ4v) is 2.19. The van der Waals surface area contributed by atoms with E-state index in [1.807, 2.05) is 24.5 Å². The van der Waals surface area contributed by atoms with E-state index in [1.165, 1.54) is 24.8 Å². The number of piperidine rings is 1. The first-order chi connectivity index (χ1) is 8.34. The van der Waals surface area contributed by atoms with Crippen molar-refractivity contribution in [3.05, 3.63) is 35.9 Å². The first-order valence-electron chi connectivity index (χ1n) is 6.18. The number of halogens is 1. The fourth-order valence-electron chi connectivity index (χ4n) is 1.99. The van der Waals surface area contributed by atoms with Crippen LogP contribution in [-0.2, 0) is 6.42 Å². The van der Waals surface area contributed by atoms with E-state index < -0.39 is 0 Å². The van der Waals surface area contributed by atoms with Crippen molar-refractivity contribution in [2.45, 2.75) is 25.7 Å². The maximum absolute atomic E-state index is 6.13. The molecule has 1 aromatic carbocycles. The Morgan fingerprint density at radius 2 is 1.88 bits per heavy atom. The van der Waals surface area contributed by atoms with Crippen LogP contribution in [-0.4, -0.2) is 29.2 Å². The molecule has 0 unspecified atom stereocenters. The van der Waals surface area contributed by atoms with E-state index in [9.17, 15) is 0 Å². The Kier molecular flexibility index (Phi) is 4.75. The van der Waals surface area contributed by atoms with Crippen molar-refractivity contribution in [2.24, 2.45) is 4.99 Å². The molecule has 1 aliphatic heterocycles. The van der Waals surface area contributed by atoms with Crippen molar-refractivity contribution < 1.29 is 4.58 Å². The zero-order valence-electron chi connectivity index (χ0n) is 9.98. The molecule has 2 nitrogen and oxygen atoms in total. The summed E-state index contributed by atoms with van der Waals surface area (Å²) in [5, 5.41) is 0.654. The van der Waals surface area contributed by atoms with Crippen LogP contribution < -0.4 is 0 Å². The summed E-state index contributed by atoms with van der Waals surface area (Å²) in [6.07, 6.45) is 6.48. The van der Waals surface area contributed by atoms with Crippen molar-refractivity contribution in [1.29, 1.82) is 0 Å². The second-order valence-electron chi connectivity index (χ2n) is 4.38. The first-order valence-corrected chi connectivity index (χ1v) is 6.56. The van der Waals surface area contributed by atoms with Gasteiger partial charge in [0.15, 0.2) is 0 Å². The quantitative estimate of drug-likeness (QED) is 0.445. The van der Waals surface area contributed by atoms with E-state index >= 15 is 0 Å². The fraction of sp³-hybridized carbons (Fsp3) is 0.429. The highest BCUT2D eigenvalue weighted by atomic mass is 35.5. The molecular formula is C14H18ClN2+. The SMILES string of the molecule is ClC(Cc1ccccc1)=NC=[N+]1CCCCC1. The summed E-state index contributed by atoms with van der Waals surface area (Å²) >= 11 is 6.13. The van der Waals surface area contributed by atoms with Gasteiger partial charge in [-0.3, -0.25) is 4.58 Å². The van der Waals surface area contributed by atoms with Crippen LogP contribution in [0.4, 0.5) is 0 Å². The summed E-state index contributed by atoms with van der Waals surface area (Å²) in [5.41, 5.74) is 1.20. The monoisotopic (exact) mass is 249 g/mol. The van der Waals surface area contributed by atoms with Crippen LogP contribution in [0.3, 0.4) is 0 Å². The Morgan fingerprint density at radius 1 is 1.18 bits per heavy atom. The highest BCUT2D eigenvalue weighted by Gasteiger charge is 2.08. The molecule has 0 spiro atoms. The Balaban J connectivity index is 1.93. The highest BCUT2D eigenvalue weighted by molar-refractivity contribution is 6.66. The molecule has 0 aliphatic carbocycles. The molecule has 0 atom stereocenters. The minimum atomic E-state index is 0.654. The third-order valence-corrected chi connectivity index (χ3v) is 3.18. The molecule has 0 saturated carbocycles. The summed E-state index contributed by atoms with van der Waals surface area (Å²) in [7, 11) is 0. The predicted molar refractivity (Wildman–Crippen MR) is 73.3 cm³/mol. The van der Waals surface area contributed by atoms with Crippen LogP contribution in [0.1, 0.15) is 24.8 Å². The van der Waals surface area contributed by atoms with Gasteiger partial charge in [-0.25, -0.2) is 0 Å². The molecular weight excluding hydrogens is 232 g/mol. The molecule has 1 aliphatic rings. The van der Waals surface area contributed by atoms with Crippen molar-refractivity contribution in [1.82, 2.24) is 0 Å². The molecule has 0 N–H and O–H groups in total. The maximum Gasteiger partial charge on any atom is 0.282 e. The number of hydrogen-bond acceptors (Lipinski definition) is 0. The van der Waals surface area contributed by atoms with Gasteiger partial charge in [0.25, 0.3) is 6.34 Å². The summed E-state index contributed by atoms with van der Waals surface area (Å²) < 4.78 is 2.25. The lowest BCUT2D eigenvalue weighted by Crippen LogP contribution is -2.20. The summed E-state index contributed by atoms with van der Waals surface area (Å²) in [6, 6.07) is 10.2. The zero-order valence-corrected chi connectivity index (χ0v) is 10.7. The van der Waals surface area contributed by atoms with Gasteiger partial charge in [-0.1, -0.05) is 30.3 Å². The molecule has 1 aromatic rings. The van der Waals surface area contributed by atoms with Crippen molar-refractivity contribution in [3.63, 3.8) is 0 Å². The lowest BCUT2D eigenvalue weighted by Gasteiger charge is -2.10. The number of benzene rings is 1. The molecule has 0 aromatic heterocycles. The largest absolute Gasteiger partial charge is 0.282 e. The number of aliphatic imine (C=N–C) groups is 1. The molecule has 90 valence electrons. The van der Waals surface area contributed by atoms with E-state index in [2.05, 4.69) is 21.7 Å². The molecule has 1 fully saturated rings. The van der Waals surface area contributed by atoms with Crippen LogP contribution >= 0.6 is 11.6 Å². The predicted octanol–water partition coefficient (Wildman–Crippen LogP) is 3.09. The van der Waals surface area contributed by atoms with E-state index in [0.717, 1.165) is 13.1 Å².